The van der Waals surface area contributed by atoms with Gasteiger partial charge in [0.1, 0.15) is 12.6 Å². The maximum atomic E-state index is 11.5. The third kappa shape index (κ3) is 3.94. The Labute approximate surface area is 106 Å². The average molecular weight is 272 g/mol. The molecule has 0 aromatic heterocycles. The van der Waals surface area contributed by atoms with Gasteiger partial charge in [0, 0.05) is 0 Å². The number of rotatable bonds is 6. The van der Waals surface area contributed by atoms with Gasteiger partial charge >= 0.3 is 12.0 Å². The number of imide groups is 1. The standard InChI is InChI=1S/C9H12N4O6/c10-5(14)1-4(8(17)18)12-6(15)3-13-7(16)2-11-9(13)19/h4H,1-3H2,(H2,10,14)(H,11,19)(H,12,15)(H,17,18)/t4-/m1/s1. The lowest BCUT2D eigenvalue weighted by atomic mass is 10.2. The van der Waals surface area contributed by atoms with Gasteiger partial charge in [0.25, 0.3) is 5.91 Å². The number of carbonyl (C=O) groups is 5. The van der Waals surface area contributed by atoms with E-state index in [9.17, 15) is 24.0 Å². The molecule has 5 amide bonds. The molecule has 1 atom stereocenters. The molecule has 0 radical (unpaired) electrons. The summed E-state index contributed by atoms with van der Waals surface area (Å²) < 4.78 is 0. The first-order chi connectivity index (χ1) is 8.81. The third-order valence-electron chi connectivity index (χ3n) is 2.28. The summed E-state index contributed by atoms with van der Waals surface area (Å²) in [6.07, 6.45) is -0.582. The summed E-state index contributed by atoms with van der Waals surface area (Å²) >= 11 is 0. The summed E-state index contributed by atoms with van der Waals surface area (Å²) in [6.45, 7) is -0.830. The van der Waals surface area contributed by atoms with E-state index in [2.05, 4.69) is 5.32 Å². The Kier molecular flexibility index (Phi) is 4.40. The number of amides is 5. The Bertz CT molecular complexity index is 432. The van der Waals surface area contributed by atoms with Crippen LogP contribution < -0.4 is 16.4 Å². The molecule has 1 aliphatic rings. The van der Waals surface area contributed by atoms with E-state index in [0.717, 1.165) is 0 Å². The van der Waals surface area contributed by atoms with Crippen LogP contribution in [0.5, 0.6) is 0 Å². The first-order valence-corrected chi connectivity index (χ1v) is 5.20. The predicted molar refractivity (Wildman–Crippen MR) is 58.5 cm³/mol. The Hall–Kier alpha value is -2.65. The van der Waals surface area contributed by atoms with Crippen molar-refractivity contribution in [2.75, 3.05) is 13.1 Å². The number of carboxylic acid groups (broad SMARTS) is 1. The summed E-state index contributed by atoms with van der Waals surface area (Å²) in [5.41, 5.74) is 4.83. The molecule has 0 bridgehead atoms. The maximum Gasteiger partial charge on any atom is 0.326 e. The molecule has 0 aromatic carbocycles. The molecule has 104 valence electrons. The van der Waals surface area contributed by atoms with Crippen LogP contribution >= 0.6 is 0 Å². The normalized spacial score (nSPS) is 15.9. The van der Waals surface area contributed by atoms with Crippen LogP contribution in [-0.4, -0.2) is 58.9 Å². The molecule has 1 heterocycles. The number of aliphatic carboxylic acids is 1. The van der Waals surface area contributed by atoms with Crippen molar-refractivity contribution < 1.29 is 29.1 Å². The van der Waals surface area contributed by atoms with E-state index in [1.54, 1.807) is 0 Å². The Morgan fingerprint density at radius 3 is 2.47 bits per heavy atom. The second kappa shape index (κ2) is 5.80. The molecule has 1 fully saturated rings. The third-order valence-corrected chi connectivity index (χ3v) is 2.28. The van der Waals surface area contributed by atoms with E-state index >= 15 is 0 Å². The van der Waals surface area contributed by atoms with Gasteiger partial charge in [-0.15, -0.1) is 0 Å². The van der Waals surface area contributed by atoms with Gasteiger partial charge in [-0.2, -0.15) is 0 Å². The molecule has 0 unspecified atom stereocenters. The highest BCUT2D eigenvalue weighted by Crippen LogP contribution is 1.99. The molecule has 0 aliphatic carbocycles. The van der Waals surface area contributed by atoms with E-state index in [1.807, 2.05) is 5.32 Å². The molecule has 1 aliphatic heterocycles. The monoisotopic (exact) mass is 272 g/mol. The fraction of sp³-hybridized carbons (Fsp3) is 0.444. The summed E-state index contributed by atoms with van der Waals surface area (Å²) in [5, 5.41) is 13.0. The zero-order chi connectivity index (χ0) is 14.6. The van der Waals surface area contributed by atoms with Crippen molar-refractivity contribution in [2.24, 2.45) is 5.73 Å². The van der Waals surface area contributed by atoms with E-state index < -0.39 is 48.7 Å². The van der Waals surface area contributed by atoms with Crippen LogP contribution in [0, 0.1) is 0 Å². The molecular weight excluding hydrogens is 260 g/mol. The van der Waals surface area contributed by atoms with Crippen molar-refractivity contribution in [2.45, 2.75) is 12.5 Å². The fourth-order valence-electron chi connectivity index (χ4n) is 1.40. The molecule has 0 spiro atoms. The first kappa shape index (κ1) is 14.4. The zero-order valence-electron chi connectivity index (χ0n) is 9.71. The molecule has 0 saturated carbocycles. The van der Waals surface area contributed by atoms with Gasteiger partial charge in [-0.1, -0.05) is 0 Å². The lowest BCUT2D eigenvalue weighted by molar-refractivity contribution is -0.143. The van der Waals surface area contributed by atoms with Crippen LogP contribution in [0.15, 0.2) is 0 Å². The highest BCUT2D eigenvalue weighted by Gasteiger charge is 2.31. The quantitative estimate of drug-likeness (QED) is 0.377. The van der Waals surface area contributed by atoms with Gasteiger partial charge in [0.2, 0.25) is 11.8 Å². The second-order valence-corrected chi connectivity index (χ2v) is 3.77. The van der Waals surface area contributed by atoms with Crippen LogP contribution in [0.2, 0.25) is 0 Å². The van der Waals surface area contributed by atoms with Crippen LogP contribution in [0.1, 0.15) is 6.42 Å². The minimum Gasteiger partial charge on any atom is -0.480 e. The lowest BCUT2D eigenvalue weighted by Crippen LogP contribution is -2.48. The molecule has 0 aromatic rings. The Balaban J connectivity index is 2.57. The van der Waals surface area contributed by atoms with Gasteiger partial charge in [0.05, 0.1) is 13.0 Å². The summed E-state index contributed by atoms with van der Waals surface area (Å²) in [7, 11) is 0. The number of carbonyl (C=O) groups excluding carboxylic acids is 4. The first-order valence-electron chi connectivity index (χ1n) is 5.20. The molecular formula is C9H12N4O6. The number of hydrogen-bond donors (Lipinski definition) is 4. The number of hydrogen-bond acceptors (Lipinski definition) is 5. The Morgan fingerprint density at radius 1 is 1.42 bits per heavy atom. The smallest absolute Gasteiger partial charge is 0.326 e. The van der Waals surface area contributed by atoms with Crippen molar-refractivity contribution in [3.05, 3.63) is 0 Å². The van der Waals surface area contributed by atoms with Crippen molar-refractivity contribution in [3.8, 4) is 0 Å². The minimum absolute atomic E-state index is 0.213. The van der Waals surface area contributed by atoms with Gasteiger partial charge < -0.3 is 21.5 Å². The maximum absolute atomic E-state index is 11.5. The highest BCUT2D eigenvalue weighted by molar-refractivity contribution is 6.04. The van der Waals surface area contributed by atoms with Gasteiger partial charge in [0.15, 0.2) is 0 Å². The molecule has 10 heteroatoms. The largest absolute Gasteiger partial charge is 0.480 e. The van der Waals surface area contributed by atoms with E-state index in [4.69, 9.17) is 10.8 Å². The van der Waals surface area contributed by atoms with E-state index in [0.29, 0.717) is 4.90 Å². The van der Waals surface area contributed by atoms with Crippen molar-refractivity contribution in [3.63, 3.8) is 0 Å². The average Bonchev–Trinajstić information content (AvgIpc) is 2.59. The predicted octanol–water partition coefficient (Wildman–Crippen LogP) is -3.02. The number of primary amides is 1. The van der Waals surface area contributed by atoms with Gasteiger partial charge in [-0.3, -0.25) is 19.3 Å². The zero-order valence-corrected chi connectivity index (χ0v) is 9.71. The van der Waals surface area contributed by atoms with Crippen LogP contribution in [0.25, 0.3) is 0 Å². The molecule has 5 N–H and O–H groups in total. The number of carboxylic acids is 1. The number of nitrogens with zero attached hydrogens (tertiary/aromatic N) is 1. The summed E-state index contributed by atoms with van der Waals surface area (Å²) in [4.78, 5) is 55.8. The Morgan fingerprint density at radius 2 is 2.05 bits per heavy atom. The van der Waals surface area contributed by atoms with E-state index in [1.165, 1.54) is 0 Å². The molecule has 1 saturated heterocycles. The SMILES string of the molecule is NC(=O)C[C@@H](NC(=O)CN1C(=O)CNC1=O)C(=O)O. The van der Waals surface area contributed by atoms with Crippen LogP contribution in [-0.2, 0) is 19.2 Å². The summed E-state index contributed by atoms with van der Waals surface area (Å²) in [5.74, 6) is -3.81. The van der Waals surface area contributed by atoms with Crippen LogP contribution in [0.3, 0.4) is 0 Å². The molecule has 19 heavy (non-hydrogen) atoms. The van der Waals surface area contributed by atoms with Crippen molar-refractivity contribution in [1.29, 1.82) is 0 Å². The summed E-state index contributed by atoms with van der Waals surface area (Å²) in [6, 6.07) is -2.23. The highest BCUT2D eigenvalue weighted by atomic mass is 16.4. The van der Waals surface area contributed by atoms with Crippen LogP contribution in [0.4, 0.5) is 4.79 Å². The fourth-order valence-corrected chi connectivity index (χ4v) is 1.40. The minimum atomic E-state index is -1.49. The van der Waals surface area contributed by atoms with Gasteiger partial charge in [-0.25, -0.2) is 9.59 Å². The number of nitrogens with two attached hydrogens (primary N) is 1. The second-order valence-electron chi connectivity index (χ2n) is 3.77. The van der Waals surface area contributed by atoms with Gasteiger partial charge in [-0.05, 0) is 0 Å². The lowest BCUT2D eigenvalue weighted by Gasteiger charge is -2.15. The van der Waals surface area contributed by atoms with Crippen molar-refractivity contribution in [1.82, 2.24) is 15.5 Å². The number of nitrogens with one attached hydrogen (secondary N) is 2. The topological polar surface area (TPSA) is 159 Å². The molecule has 1 rings (SSSR count). The molecule has 10 nitrogen and oxygen atoms in total. The van der Waals surface area contributed by atoms with E-state index in [-0.39, 0.29) is 6.54 Å². The number of urea groups is 1. The van der Waals surface area contributed by atoms with Crippen molar-refractivity contribution >= 4 is 29.7 Å².